The summed E-state index contributed by atoms with van der Waals surface area (Å²) in [6, 6.07) is 18.3. The van der Waals surface area contributed by atoms with E-state index in [-0.39, 0.29) is 36.3 Å². The van der Waals surface area contributed by atoms with E-state index in [4.69, 9.17) is 14.5 Å². The average molecular weight is 508 g/mol. The number of esters is 1. The Balaban J connectivity index is 1.36. The standard InChI is InChI=1S/C27H20N6O5/c1-2-26(36)19-12-21-23-15(13-33(21)24(34)18(19)14-37-25(26)35)11-17-20(28-23)9-6-10-22(17)38-27(29-31-32-30-27)16-7-4-3-5-8-16/h3-12,36H,2,13-14H2,1H3/t26-/m0/s1. The Morgan fingerprint density at radius 1 is 1.05 bits per heavy atom. The van der Waals surface area contributed by atoms with E-state index in [1.807, 2.05) is 42.5 Å². The van der Waals surface area contributed by atoms with E-state index in [0.717, 1.165) is 5.56 Å². The first-order valence-corrected chi connectivity index (χ1v) is 12.1. The van der Waals surface area contributed by atoms with Gasteiger partial charge in [0.1, 0.15) is 12.4 Å². The van der Waals surface area contributed by atoms with Crippen LogP contribution >= 0.6 is 0 Å². The zero-order valence-electron chi connectivity index (χ0n) is 20.2. The topological polar surface area (TPSA) is 140 Å². The fraction of sp³-hybridized carbons (Fsp3) is 0.222. The predicted octanol–water partition coefficient (Wildman–Crippen LogP) is 4.10. The van der Waals surface area contributed by atoms with Crippen LogP contribution in [0.4, 0.5) is 0 Å². The van der Waals surface area contributed by atoms with Crippen LogP contribution < -0.4 is 10.3 Å². The van der Waals surface area contributed by atoms with Gasteiger partial charge in [-0.2, -0.15) is 0 Å². The maximum atomic E-state index is 13.4. The van der Waals surface area contributed by atoms with Gasteiger partial charge >= 0.3 is 11.8 Å². The van der Waals surface area contributed by atoms with Crippen LogP contribution in [-0.2, 0) is 34.1 Å². The minimum atomic E-state index is -1.88. The van der Waals surface area contributed by atoms with Gasteiger partial charge in [-0.1, -0.05) is 53.6 Å². The SMILES string of the molecule is CC[C@@]1(O)C(=O)OCc2c1cc1n(c2=O)Cc2cc3c(OC4(c5ccccc5)N=NN=N4)cccc3nc2-1. The minimum absolute atomic E-state index is 0.0816. The number of hydrogen-bond acceptors (Lipinski definition) is 10. The highest BCUT2D eigenvalue weighted by Gasteiger charge is 2.45. The third-order valence-corrected chi connectivity index (χ3v) is 7.31. The number of carbonyl (C=O) groups is 1. The van der Waals surface area contributed by atoms with Gasteiger partial charge in [-0.15, -0.1) is 0 Å². The second-order valence-electron chi connectivity index (χ2n) is 9.38. The third kappa shape index (κ3) is 3.02. The van der Waals surface area contributed by atoms with Crippen molar-refractivity contribution in [1.82, 2.24) is 9.55 Å². The molecule has 0 saturated heterocycles. The summed E-state index contributed by atoms with van der Waals surface area (Å²) in [6.45, 7) is 1.77. The van der Waals surface area contributed by atoms with Crippen molar-refractivity contribution in [2.75, 3.05) is 0 Å². The average Bonchev–Trinajstić information content (AvgIpc) is 3.56. The highest BCUT2D eigenvalue weighted by atomic mass is 16.6. The van der Waals surface area contributed by atoms with Gasteiger partial charge in [-0.3, -0.25) is 4.79 Å². The largest absolute Gasteiger partial charge is 0.458 e. The fourth-order valence-corrected chi connectivity index (χ4v) is 5.27. The van der Waals surface area contributed by atoms with Gasteiger partial charge < -0.3 is 19.1 Å². The Hall–Kier alpha value is -4.77. The Morgan fingerprint density at radius 3 is 2.61 bits per heavy atom. The molecule has 3 aliphatic rings. The van der Waals surface area contributed by atoms with E-state index in [1.165, 1.54) is 0 Å². The molecule has 4 aromatic rings. The van der Waals surface area contributed by atoms with Crippen molar-refractivity contribution in [3.05, 3.63) is 93.3 Å². The number of ether oxygens (including phenoxy) is 2. The van der Waals surface area contributed by atoms with Crippen LogP contribution in [0.2, 0.25) is 0 Å². The molecule has 0 saturated carbocycles. The smallest absolute Gasteiger partial charge is 0.365 e. The Bertz CT molecular complexity index is 1770. The zero-order valence-corrected chi connectivity index (χ0v) is 20.2. The van der Waals surface area contributed by atoms with E-state index in [2.05, 4.69) is 20.7 Å². The van der Waals surface area contributed by atoms with Crippen LogP contribution in [0.3, 0.4) is 0 Å². The molecule has 0 radical (unpaired) electrons. The summed E-state index contributed by atoms with van der Waals surface area (Å²) in [7, 11) is 0. The van der Waals surface area contributed by atoms with E-state index >= 15 is 0 Å². The molecular formula is C27H20N6O5. The number of hydrogen-bond donors (Lipinski definition) is 1. The molecule has 11 nitrogen and oxygen atoms in total. The van der Waals surface area contributed by atoms with Gasteiger partial charge in [0.25, 0.3) is 5.56 Å². The van der Waals surface area contributed by atoms with E-state index < -0.39 is 17.4 Å². The molecule has 5 heterocycles. The van der Waals surface area contributed by atoms with Gasteiger partial charge in [0.2, 0.25) is 0 Å². The lowest BCUT2D eigenvalue weighted by Crippen LogP contribution is -2.44. The maximum absolute atomic E-state index is 13.4. The summed E-state index contributed by atoms with van der Waals surface area (Å²) in [4.78, 5) is 30.7. The summed E-state index contributed by atoms with van der Waals surface area (Å²) in [6.07, 6.45) is 0.0816. The number of pyridine rings is 2. The number of carbonyl (C=O) groups excluding carboxylic acids is 1. The molecule has 11 heteroatoms. The van der Waals surface area contributed by atoms with Gasteiger partial charge in [0, 0.05) is 22.1 Å². The maximum Gasteiger partial charge on any atom is 0.365 e. The van der Waals surface area contributed by atoms with Crippen LogP contribution in [0.1, 0.15) is 35.6 Å². The van der Waals surface area contributed by atoms with Crippen molar-refractivity contribution < 1.29 is 19.4 Å². The molecule has 38 heavy (non-hydrogen) atoms. The molecule has 2 aromatic heterocycles. The Kier molecular flexibility index (Phi) is 4.64. The molecule has 1 atom stereocenters. The third-order valence-electron chi connectivity index (χ3n) is 7.31. The van der Waals surface area contributed by atoms with E-state index in [9.17, 15) is 14.7 Å². The lowest BCUT2D eigenvalue weighted by molar-refractivity contribution is -0.172. The Morgan fingerprint density at radius 2 is 1.84 bits per heavy atom. The van der Waals surface area contributed by atoms with Crippen molar-refractivity contribution in [2.45, 2.75) is 37.9 Å². The van der Waals surface area contributed by atoms with E-state index in [1.54, 1.807) is 29.7 Å². The lowest BCUT2D eigenvalue weighted by atomic mass is 9.86. The van der Waals surface area contributed by atoms with E-state index in [0.29, 0.717) is 33.6 Å². The Labute approximate surface area is 215 Å². The van der Waals surface area contributed by atoms with Crippen molar-refractivity contribution >= 4 is 16.9 Å². The van der Waals surface area contributed by atoms with Crippen molar-refractivity contribution in [1.29, 1.82) is 0 Å². The molecule has 0 spiro atoms. The predicted molar refractivity (Wildman–Crippen MR) is 133 cm³/mol. The van der Waals surface area contributed by atoms with Gasteiger partial charge in [-0.05, 0) is 41.1 Å². The summed E-state index contributed by atoms with van der Waals surface area (Å²) in [5.74, 6) is -1.73. The number of aromatic nitrogens is 2. The molecule has 0 amide bonds. The molecule has 0 aliphatic carbocycles. The molecule has 2 aromatic carbocycles. The number of aliphatic hydroxyl groups is 1. The first-order valence-electron chi connectivity index (χ1n) is 12.1. The lowest BCUT2D eigenvalue weighted by Gasteiger charge is -2.31. The van der Waals surface area contributed by atoms with Crippen LogP contribution in [0, 0.1) is 0 Å². The molecule has 0 fully saturated rings. The molecule has 1 N–H and O–H groups in total. The number of benzene rings is 2. The van der Waals surface area contributed by atoms with Crippen molar-refractivity contribution in [3.63, 3.8) is 0 Å². The minimum Gasteiger partial charge on any atom is -0.458 e. The summed E-state index contributed by atoms with van der Waals surface area (Å²) in [5.41, 5.74) is 1.60. The van der Waals surface area contributed by atoms with Crippen LogP contribution in [0.15, 0.2) is 86.1 Å². The van der Waals surface area contributed by atoms with Crippen LogP contribution in [0.25, 0.3) is 22.3 Å². The molecule has 0 bridgehead atoms. The van der Waals surface area contributed by atoms with Gasteiger partial charge in [0.15, 0.2) is 5.60 Å². The second kappa shape index (κ2) is 7.86. The summed E-state index contributed by atoms with van der Waals surface area (Å²) >= 11 is 0. The highest BCUT2D eigenvalue weighted by Crippen LogP contribution is 2.41. The van der Waals surface area contributed by atoms with Crippen LogP contribution in [-0.4, -0.2) is 20.6 Å². The van der Waals surface area contributed by atoms with Gasteiger partial charge in [-0.25, -0.2) is 9.78 Å². The van der Waals surface area contributed by atoms with Crippen molar-refractivity contribution in [3.8, 4) is 17.1 Å². The molecule has 7 rings (SSSR count). The van der Waals surface area contributed by atoms with Gasteiger partial charge in [0.05, 0.1) is 29.0 Å². The summed E-state index contributed by atoms with van der Waals surface area (Å²) < 4.78 is 13.1. The summed E-state index contributed by atoms with van der Waals surface area (Å²) in [5, 5.41) is 27.5. The number of nitrogens with zero attached hydrogens (tertiary/aromatic N) is 6. The number of cyclic esters (lactones) is 1. The second-order valence-corrected chi connectivity index (χ2v) is 9.38. The number of fused-ring (bicyclic) bond motifs is 5. The molecule has 0 unspecified atom stereocenters. The normalized spacial score (nSPS) is 20.2. The van der Waals surface area contributed by atoms with Crippen molar-refractivity contribution in [2.24, 2.45) is 20.7 Å². The first-order chi connectivity index (χ1) is 18.4. The fourth-order valence-electron chi connectivity index (χ4n) is 5.27. The zero-order chi connectivity index (χ0) is 26.1. The quantitative estimate of drug-likeness (QED) is 0.363. The molecule has 3 aliphatic heterocycles. The number of rotatable bonds is 4. The van der Waals surface area contributed by atoms with Crippen LogP contribution in [0.5, 0.6) is 5.75 Å². The molecular weight excluding hydrogens is 488 g/mol. The monoisotopic (exact) mass is 508 g/mol. The highest BCUT2D eigenvalue weighted by molar-refractivity contribution is 5.89. The molecule has 188 valence electrons. The first kappa shape index (κ1) is 22.4.